The fourth-order valence-electron chi connectivity index (χ4n) is 1.60. The van der Waals surface area contributed by atoms with Crippen molar-refractivity contribution in [3.63, 3.8) is 0 Å². The Balaban J connectivity index is 2.92. The Morgan fingerprint density at radius 3 is 2.65 bits per heavy atom. The number of nitrogens with one attached hydrogen (secondary N) is 1. The van der Waals surface area contributed by atoms with E-state index in [1.54, 1.807) is 6.07 Å². The van der Waals surface area contributed by atoms with Gasteiger partial charge < -0.3 is 10.1 Å². The summed E-state index contributed by atoms with van der Waals surface area (Å²) >= 11 is 5.50. The molecule has 0 atom stereocenters. The monoisotopic (exact) mass is 307 g/mol. The van der Waals surface area contributed by atoms with E-state index < -0.39 is 11.7 Å². The third-order valence-electron chi connectivity index (χ3n) is 2.49. The van der Waals surface area contributed by atoms with E-state index in [1.165, 1.54) is 6.07 Å². The van der Waals surface area contributed by atoms with Crippen LogP contribution in [0.1, 0.15) is 24.5 Å². The standard InChI is InChI=1S/C14H17ClF3NO/c1-3-6-19-8-11-4-5-13(20-9-10(2)15)12(7-11)14(16,17)18/h4-5,7,19H,2-3,6,8-9H2,1H3. The first-order valence-electron chi connectivity index (χ1n) is 6.21. The van der Waals surface area contributed by atoms with E-state index in [0.717, 1.165) is 19.0 Å². The second kappa shape index (κ2) is 7.55. The number of rotatable bonds is 7. The normalized spacial score (nSPS) is 11.4. The third-order valence-corrected chi connectivity index (χ3v) is 2.60. The van der Waals surface area contributed by atoms with Crippen molar-refractivity contribution < 1.29 is 17.9 Å². The van der Waals surface area contributed by atoms with Crippen molar-refractivity contribution in [2.24, 2.45) is 0 Å². The zero-order valence-electron chi connectivity index (χ0n) is 11.2. The summed E-state index contributed by atoms with van der Waals surface area (Å²) in [7, 11) is 0. The van der Waals surface area contributed by atoms with Gasteiger partial charge in [0.2, 0.25) is 0 Å². The molecule has 0 heterocycles. The minimum absolute atomic E-state index is 0.145. The zero-order valence-corrected chi connectivity index (χ0v) is 11.9. The van der Waals surface area contributed by atoms with Gasteiger partial charge in [-0.05, 0) is 30.7 Å². The molecule has 0 radical (unpaired) electrons. The smallest absolute Gasteiger partial charge is 0.419 e. The van der Waals surface area contributed by atoms with Crippen LogP contribution < -0.4 is 10.1 Å². The molecule has 0 amide bonds. The van der Waals surface area contributed by atoms with Crippen molar-refractivity contribution >= 4 is 11.6 Å². The first-order chi connectivity index (χ1) is 9.34. The van der Waals surface area contributed by atoms with Gasteiger partial charge in [0, 0.05) is 11.6 Å². The van der Waals surface area contributed by atoms with Gasteiger partial charge in [0.1, 0.15) is 12.4 Å². The Labute approximate surface area is 121 Å². The van der Waals surface area contributed by atoms with Crippen LogP contribution in [0.3, 0.4) is 0 Å². The molecular formula is C14H17ClF3NO. The van der Waals surface area contributed by atoms with Crippen LogP contribution in [-0.4, -0.2) is 13.2 Å². The molecule has 2 nitrogen and oxygen atoms in total. The van der Waals surface area contributed by atoms with E-state index in [4.69, 9.17) is 16.3 Å². The Hall–Kier alpha value is -1.20. The van der Waals surface area contributed by atoms with Gasteiger partial charge in [0.25, 0.3) is 0 Å². The molecule has 0 aromatic heterocycles. The van der Waals surface area contributed by atoms with Crippen LogP contribution in [0.4, 0.5) is 13.2 Å². The quantitative estimate of drug-likeness (QED) is 0.757. The van der Waals surface area contributed by atoms with Crippen molar-refractivity contribution in [2.75, 3.05) is 13.2 Å². The van der Waals surface area contributed by atoms with Crippen LogP contribution in [0.2, 0.25) is 0 Å². The summed E-state index contributed by atoms with van der Waals surface area (Å²) in [6.07, 6.45) is -3.55. The Bertz CT molecular complexity index is 460. The molecule has 0 saturated carbocycles. The first-order valence-corrected chi connectivity index (χ1v) is 6.59. The number of halogens is 4. The summed E-state index contributed by atoms with van der Waals surface area (Å²) in [5, 5.41) is 3.20. The second-order valence-electron chi connectivity index (χ2n) is 4.31. The first kappa shape index (κ1) is 16.9. The van der Waals surface area contributed by atoms with E-state index in [-0.39, 0.29) is 17.4 Å². The number of ether oxygens (including phenoxy) is 1. The van der Waals surface area contributed by atoms with Crippen LogP contribution in [0, 0.1) is 0 Å². The van der Waals surface area contributed by atoms with Gasteiger partial charge in [-0.1, -0.05) is 31.2 Å². The molecule has 0 fully saturated rings. The maximum Gasteiger partial charge on any atom is 0.419 e. The Morgan fingerprint density at radius 1 is 1.40 bits per heavy atom. The molecule has 0 unspecified atom stereocenters. The van der Waals surface area contributed by atoms with Crippen molar-refractivity contribution in [3.8, 4) is 5.75 Å². The van der Waals surface area contributed by atoms with Gasteiger partial charge >= 0.3 is 6.18 Å². The van der Waals surface area contributed by atoms with Crippen molar-refractivity contribution in [1.82, 2.24) is 5.32 Å². The molecule has 0 aliphatic carbocycles. The number of hydrogen-bond donors (Lipinski definition) is 1. The van der Waals surface area contributed by atoms with Crippen LogP contribution in [0.25, 0.3) is 0 Å². The lowest BCUT2D eigenvalue weighted by molar-refractivity contribution is -0.138. The summed E-state index contributed by atoms with van der Waals surface area (Å²) in [6.45, 7) is 6.36. The number of benzene rings is 1. The topological polar surface area (TPSA) is 21.3 Å². The predicted molar refractivity (Wildman–Crippen MR) is 73.9 cm³/mol. The molecule has 1 rings (SSSR count). The van der Waals surface area contributed by atoms with Crippen LogP contribution in [0.15, 0.2) is 29.8 Å². The van der Waals surface area contributed by atoms with Gasteiger partial charge in [-0.3, -0.25) is 0 Å². The highest BCUT2D eigenvalue weighted by molar-refractivity contribution is 6.29. The summed E-state index contributed by atoms with van der Waals surface area (Å²) in [6, 6.07) is 4.00. The average molecular weight is 308 g/mol. The van der Waals surface area contributed by atoms with Gasteiger partial charge in [0.05, 0.1) is 5.56 Å². The van der Waals surface area contributed by atoms with Crippen LogP contribution in [-0.2, 0) is 12.7 Å². The minimum Gasteiger partial charge on any atom is -0.487 e. The zero-order chi connectivity index (χ0) is 15.2. The lowest BCUT2D eigenvalue weighted by atomic mass is 10.1. The van der Waals surface area contributed by atoms with Crippen LogP contribution in [0.5, 0.6) is 5.75 Å². The fourth-order valence-corrected chi connectivity index (χ4v) is 1.65. The van der Waals surface area contributed by atoms with E-state index in [9.17, 15) is 13.2 Å². The molecule has 112 valence electrons. The molecular weight excluding hydrogens is 291 g/mol. The number of alkyl halides is 3. The van der Waals surface area contributed by atoms with Crippen LogP contribution >= 0.6 is 11.6 Å². The molecule has 0 aliphatic rings. The van der Waals surface area contributed by atoms with Crippen molar-refractivity contribution in [1.29, 1.82) is 0 Å². The fraction of sp³-hybridized carbons (Fsp3) is 0.429. The lowest BCUT2D eigenvalue weighted by Crippen LogP contribution is -2.15. The third kappa shape index (κ3) is 5.43. The van der Waals surface area contributed by atoms with Gasteiger partial charge in [-0.25, -0.2) is 0 Å². The predicted octanol–water partition coefficient (Wildman–Crippen LogP) is 4.34. The van der Waals surface area contributed by atoms with Crippen molar-refractivity contribution in [2.45, 2.75) is 26.1 Å². The largest absolute Gasteiger partial charge is 0.487 e. The van der Waals surface area contributed by atoms with E-state index in [1.807, 2.05) is 6.92 Å². The highest BCUT2D eigenvalue weighted by Gasteiger charge is 2.34. The van der Waals surface area contributed by atoms with Gasteiger partial charge in [-0.15, -0.1) is 0 Å². The molecule has 1 aromatic carbocycles. The van der Waals surface area contributed by atoms with Gasteiger partial charge in [0.15, 0.2) is 0 Å². The summed E-state index contributed by atoms with van der Waals surface area (Å²) in [4.78, 5) is 0. The molecule has 6 heteroatoms. The van der Waals surface area contributed by atoms with E-state index in [0.29, 0.717) is 12.1 Å². The molecule has 0 bridgehead atoms. The average Bonchev–Trinajstić information content (AvgIpc) is 2.36. The summed E-state index contributed by atoms with van der Waals surface area (Å²) < 4.78 is 44.0. The number of hydrogen-bond acceptors (Lipinski definition) is 2. The maximum atomic E-state index is 13.0. The lowest BCUT2D eigenvalue weighted by Gasteiger charge is -2.15. The molecule has 0 aliphatic heterocycles. The summed E-state index contributed by atoms with van der Waals surface area (Å²) in [5.41, 5.74) is -0.242. The van der Waals surface area contributed by atoms with Crippen molar-refractivity contribution in [3.05, 3.63) is 40.9 Å². The highest BCUT2D eigenvalue weighted by Crippen LogP contribution is 2.37. The molecule has 1 aromatic rings. The second-order valence-corrected chi connectivity index (χ2v) is 4.85. The maximum absolute atomic E-state index is 13.0. The minimum atomic E-state index is -4.47. The summed E-state index contributed by atoms with van der Waals surface area (Å²) in [5.74, 6) is -0.237. The molecule has 0 spiro atoms. The molecule has 20 heavy (non-hydrogen) atoms. The SMILES string of the molecule is C=C(Cl)COc1ccc(CNCCC)cc1C(F)(F)F. The van der Waals surface area contributed by atoms with E-state index in [2.05, 4.69) is 11.9 Å². The molecule has 1 N–H and O–H groups in total. The van der Waals surface area contributed by atoms with E-state index >= 15 is 0 Å². The highest BCUT2D eigenvalue weighted by atomic mass is 35.5. The van der Waals surface area contributed by atoms with Gasteiger partial charge in [-0.2, -0.15) is 13.2 Å². The Kier molecular flexibility index (Phi) is 6.36. The molecule has 0 saturated heterocycles. The Morgan fingerprint density at radius 2 is 2.10 bits per heavy atom.